The summed E-state index contributed by atoms with van der Waals surface area (Å²) in [6.45, 7) is 1.93. The van der Waals surface area contributed by atoms with Crippen LogP contribution in [0.2, 0.25) is 0 Å². The summed E-state index contributed by atoms with van der Waals surface area (Å²) in [6.07, 6.45) is 3.42. The van der Waals surface area contributed by atoms with Crippen LogP contribution in [0.3, 0.4) is 0 Å². The molecule has 0 aliphatic heterocycles. The molecule has 102 valence electrons. The average Bonchev–Trinajstić information content (AvgIpc) is 2.26. The van der Waals surface area contributed by atoms with E-state index < -0.39 is 10.0 Å². The molecule has 1 atom stereocenters. The molecule has 1 aliphatic carbocycles. The Kier molecular flexibility index (Phi) is 4.23. The lowest BCUT2D eigenvalue weighted by molar-refractivity contribution is 0.260. The SMILES string of the molecule is CC(NS(=O)(=O)Cc1ccc(C#N)cc1)C1CCC1. The molecule has 2 rings (SSSR count). The molecule has 0 radical (unpaired) electrons. The van der Waals surface area contributed by atoms with Gasteiger partial charge in [0.1, 0.15) is 0 Å². The molecule has 0 bridgehead atoms. The molecule has 0 spiro atoms. The topological polar surface area (TPSA) is 70.0 Å². The van der Waals surface area contributed by atoms with E-state index in [9.17, 15) is 8.42 Å². The number of nitrogens with one attached hydrogen (secondary N) is 1. The van der Waals surface area contributed by atoms with Crippen LogP contribution in [0.4, 0.5) is 0 Å². The maximum absolute atomic E-state index is 12.0. The highest BCUT2D eigenvalue weighted by Crippen LogP contribution is 2.29. The maximum atomic E-state index is 12.0. The van der Waals surface area contributed by atoms with Crippen LogP contribution in [0.1, 0.15) is 37.3 Å². The first-order valence-electron chi connectivity index (χ1n) is 6.49. The van der Waals surface area contributed by atoms with Crippen molar-refractivity contribution >= 4 is 10.0 Å². The van der Waals surface area contributed by atoms with Gasteiger partial charge < -0.3 is 0 Å². The van der Waals surface area contributed by atoms with Crippen molar-refractivity contribution in [2.45, 2.75) is 38.0 Å². The zero-order valence-corrected chi connectivity index (χ0v) is 11.8. The van der Waals surface area contributed by atoms with Crippen LogP contribution < -0.4 is 4.72 Å². The molecule has 1 N–H and O–H groups in total. The third-order valence-corrected chi connectivity index (χ3v) is 5.11. The van der Waals surface area contributed by atoms with Crippen LogP contribution in [0, 0.1) is 17.2 Å². The molecule has 0 heterocycles. The number of nitrogens with zero attached hydrogens (tertiary/aromatic N) is 1. The summed E-state index contributed by atoms with van der Waals surface area (Å²) in [6, 6.07) is 8.68. The van der Waals surface area contributed by atoms with Gasteiger partial charge >= 0.3 is 0 Å². The van der Waals surface area contributed by atoms with Gasteiger partial charge in [-0.15, -0.1) is 0 Å². The van der Waals surface area contributed by atoms with Gasteiger partial charge in [-0.05, 0) is 43.4 Å². The van der Waals surface area contributed by atoms with Crippen LogP contribution in [0.5, 0.6) is 0 Å². The number of hydrogen-bond acceptors (Lipinski definition) is 3. The van der Waals surface area contributed by atoms with Crippen LogP contribution in [-0.4, -0.2) is 14.5 Å². The standard InChI is InChI=1S/C14H18N2O2S/c1-11(14-3-2-4-14)16-19(17,18)10-13-7-5-12(9-15)6-8-13/h5-8,11,14,16H,2-4,10H2,1H3. The van der Waals surface area contributed by atoms with Crippen molar-refractivity contribution < 1.29 is 8.42 Å². The van der Waals surface area contributed by atoms with Crippen molar-refractivity contribution in [3.8, 4) is 6.07 Å². The van der Waals surface area contributed by atoms with E-state index in [1.54, 1.807) is 24.3 Å². The molecule has 0 saturated heterocycles. The van der Waals surface area contributed by atoms with Crippen molar-refractivity contribution in [3.05, 3.63) is 35.4 Å². The summed E-state index contributed by atoms with van der Waals surface area (Å²) in [5.41, 5.74) is 1.24. The minimum absolute atomic E-state index is 0.0112. The molecule has 1 aromatic carbocycles. The lowest BCUT2D eigenvalue weighted by atomic mass is 9.81. The Bertz CT molecular complexity index is 568. The highest BCUT2D eigenvalue weighted by molar-refractivity contribution is 7.88. The molecular weight excluding hydrogens is 260 g/mol. The molecule has 19 heavy (non-hydrogen) atoms. The van der Waals surface area contributed by atoms with Gasteiger partial charge in [-0.3, -0.25) is 0 Å². The Morgan fingerprint density at radius 1 is 1.37 bits per heavy atom. The van der Waals surface area contributed by atoms with E-state index in [0.29, 0.717) is 17.0 Å². The van der Waals surface area contributed by atoms with Crippen LogP contribution in [-0.2, 0) is 15.8 Å². The fourth-order valence-electron chi connectivity index (χ4n) is 2.26. The zero-order valence-electron chi connectivity index (χ0n) is 11.0. The number of nitriles is 1. The summed E-state index contributed by atoms with van der Waals surface area (Å²) >= 11 is 0. The fourth-order valence-corrected chi connectivity index (χ4v) is 3.73. The molecule has 4 nitrogen and oxygen atoms in total. The van der Waals surface area contributed by atoms with Gasteiger partial charge in [0.05, 0.1) is 17.4 Å². The number of rotatable bonds is 5. The van der Waals surface area contributed by atoms with Crippen LogP contribution >= 0.6 is 0 Å². The summed E-state index contributed by atoms with van der Waals surface area (Å²) in [7, 11) is -3.31. The van der Waals surface area contributed by atoms with Gasteiger partial charge in [-0.2, -0.15) is 5.26 Å². The third-order valence-electron chi connectivity index (χ3n) is 3.66. The second-order valence-electron chi connectivity index (χ2n) is 5.17. The Morgan fingerprint density at radius 3 is 2.47 bits per heavy atom. The second-order valence-corrected chi connectivity index (χ2v) is 6.92. The molecular formula is C14H18N2O2S. The van der Waals surface area contributed by atoms with Gasteiger partial charge in [-0.25, -0.2) is 13.1 Å². The molecule has 1 aromatic rings. The minimum Gasteiger partial charge on any atom is -0.212 e. The highest BCUT2D eigenvalue weighted by Gasteiger charge is 2.27. The molecule has 0 amide bonds. The summed E-state index contributed by atoms with van der Waals surface area (Å²) in [4.78, 5) is 0. The van der Waals surface area contributed by atoms with Gasteiger partial charge in [0.2, 0.25) is 10.0 Å². The lowest BCUT2D eigenvalue weighted by Gasteiger charge is -2.31. The normalized spacial score (nSPS) is 17.5. The number of hydrogen-bond donors (Lipinski definition) is 1. The maximum Gasteiger partial charge on any atom is 0.216 e. The predicted octanol–water partition coefficient (Wildman–Crippen LogP) is 2.17. The van der Waals surface area contributed by atoms with E-state index in [0.717, 1.165) is 12.8 Å². The molecule has 1 unspecified atom stereocenters. The van der Waals surface area contributed by atoms with Crippen molar-refractivity contribution in [3.63, 3.8) is 0 Å². The van der Waals surface area contributed by atoms with Crippen molar-refractivity contribution in [2.24, 2.45) is 5.92 Å². The number of benzene rings is 1. The first-order valence-corrected chi connectivity index (χ1v) is 8.14. The third kappa shape index (κ3) is 3.79. The molecule has 0 aromatic heterocycles. The Morgan fingerprint density at radius 2 is 2.00 bits per heavy atom. The van der Waals surface area contributed by atoms with E-state index >= 15 is 0 Å². The van der Waals surface area contributed by atoms with E-state index in [4.69, 9.17) is 5.26 Å². The molecule has 5 heteroatoms. The number of sulfonamides is 1. The fraction of sp³-hybridized carbons (Fsp3) is 0.500. The van der Waals surface area contributed by atoms with E-state index in [-0.39, 0.29) is 11.8 Å². The zero-order chi connectivity index (χ0) is 13.9. The highest BCUT2D eigenvalue weighted by atomic mass is 32.2. The largest absolute Gasteiger partial charge is 0.216 e. The molecule has 1 fully saturated rings. The van der Waals surface area contributed by atoms with Gasteiger partial charge in [-0.1, -0.05) is 18.6 Å². The Balaban J connectivity index is 1.97. The second kappa shape index (κ2) is 5.72. The van der Waals surface area contributed by atoms with Crippen molar-refractivity contribution in [1.29, 1.82) is 5.26 Å². The van der Waals surface area contributed by atoms with Gasteiger partial charge in [0, 0.05) is 6.04 Å². The Labute approximate surface area is 114 Å². The summed E-state index contributed by atoms with van der Waals surface area (Å²) < 4.78 is 26.8. The van der Waals surface area contributed by atoms with Crippen LogP contribution in [0.15, 0.2) is 24.3 Å². The minimum atomic E-state index is -3.31. The summed E-state index contributed by atoms with van der Waals surface area (Å²) in [5.74, 6) is 0.450. The lowest BCUT2D eigenvalue weighted by Crippen LogP contribution is -2.41. The predicted molar refractivity (Wildman–Crippen MR) is 73.7 cm³/mol. The van der Waals surface area contributed by atoms with Gasteiger partial charge in [0.15, 0.2) is 0 Å². The first kappa shape index (κ1) is 14.0. The first-order chi connectivity index (χ1) is 9.00. The quantitative estimate of drug-likeness (QED) is 0.897. The van der Waals surface area contributed by atoms with Gasteiger partial charge in [0.25, 0.3) is 0 Å². The van der Waals surface area contributed by atoms with E-state index in [1.807, 2.05) is 13.0 Å². The van der Waals surface area contributed by atoms with Crippen LogP contribution in [0.25, 0.3) is 0 Å². The van der Waals surface area contributed by atoms with Crippen molar-refractivity contribution in [1.82, 2.24) is 4.72 Å². The molecule has 1 aliphatic rings. The Hall–Kier alpha value is -1.38. The monoisotopic (exact) mass is 278 g/mol. The molecule has 1 saturated carbocycles. The smallest absolute Gasteiger partial charge is 0.212 e. The van der Waals surface area contributed by atoms with E-state index in [1.165, 1.54) is 6.42 Å². The van der Waals surface area contributed by atoms with Crippen molar-refractivity contribution in [2.75, 3.05) is 0 Å². The average molecular weight is 278 g/mol. The van der Waals surface area contributed by atoms with E-state index in [2.05, 4.69) is 4.72 Å². The summed E-state index contributed by atoms with van der Waals surface area (Å²) in [5, 5.41) is 8.69.